The summed E-state index contributed by atoms with van der Waals surface area (Å²) in [5, 5.41) is 0. The average Bonchev–Trinajstić information content (AvgIpc) is 3.23. The minimum atomic E-state index is 0.374. The van der Waals surface area contributed by atoms with Crippen molar-refractivity contribution in [2.24, 2.45) is 9.98 Å². The molecule has 2 aromatic carbocycles. The van der Waals surface area contributed by atoms with Gasteiger partial charge in [-0.05, 0) is 35.6 Å². The fourth-order valence-corrected chi connectivity index (χ4v) is 3.72. The van der Waals surface area contributed by atoms with Gasteiger partial charge in [-0.2, -0.15) is 0 Å². The number of hydrogen-bond acceptors (Lipinski definition) is 3. The number of nitrogens with zero attached hydrogens (tertiary/aromatic N) is 4. The zero-order chi connectivity index (χ0) is 19.5. The molecule has 4 rings (SSSR count). The van der Waals surface area contributed by atoms with Gasteiger partial charge < -0.3 is 0 Å². The molecule has 4 heteroatoms. The maximum absolute atomic E-state index is 4.67. The largest absolute Gasteiger partial charge is 0.299 e. The summed E-state index contributed by atoms with van der Waals surface area (Å²) < 4.78 is 2.24. The first-order chi connectivity index (χ1) is 13.7. The van der Waals surface area contributed by atoms with Crippen molar-refractivity contribution in [2.45, 2.75) is 39.5 Å². The minimum absolute atomic E-state index is 0.374. The topological polar surface area (TPSA) is 42.5 Å². The van der Waals surface area contributed by atoms with E-state index in [-0.39, 0.29) is 0 Å². The first-order valence-corrected chi connectivity index (χ1v) is 10.0. The maximum Gasteiger partial charge on any atom is 0.154 e. The highest BCUT2D eigenvalue weighted by Gasteiger charge is 2.19. The van der Waals surface area contributed by atoms with Crippen molar-refractivity contribution >= 4 is 12.1 Å². The van der Waals surface area contributed by atoms with Crippen LogP contribution in [-0.2, 0) is 6.42 Å². The van der Waals surface area contributed by atoms with Crippen molar-refractivity contribution in [3.05, 3.63) is 71.5 Å². The summed E-state index contributed by atoms with van der Waals surface area (Å²) >= 11 is 0. The van der Waals surface area contributed by atoms with Crippen LogP contribution in [0.15, 0.2) is 64.8 Å². The van der Waals surface area contributed by atoms with Gasteiger partial charge in [0, 0.05) is 42.7 Å². The molecule has 0 radical (unpaired) electrons. The molecular weight excluding hydrogens is 344 g/mol. The van der Waals surface area contributed by atoms with Crippen molar-refractivity contribution in [3.8, 4) is 17.1 Å². The van der Waals surface area contributed by atoms with Gasteiger partial charge in [0.1, 0.15) is 5.82 Å². The van der Waals surface area contributed by atoms with Crippen molar-refractivity contribution in [1.29, 1.82) is 0 Å². The molecule has 0 unspecified atom stereocenters. The zero-order valence-electron chi connectivity index (χ0n) is 16.8. The monoisotopic (exact) mass is 370 g/mol. The first kappa shape index (κ1) is 18.4. The van der Waals surface area contributed by atoms with E-state index in [2.05, 4.69) is 82.9 Å². The van der Waals surface area contributed by atoms with E-state index in [0.717, 1.165) is 42.2 Å². The Balaban J connectivity index is 1.92. The molecule has 0 fully saturated rings. The van der Waals surface area contributed by atoms with E-state index in [0.29, 0.717) is 5.92 Å². The molecular formula is C24H26N4. The number of aromatic nitrogens is 2. The number of aliphatic imine (C=N–C) groups is 2. The van der Waals surface area contributed by atoms with Crippen LogP contribution in [0.1, 0.15) is 49.8 Å². The Morgan fingerprint density at radius 2 is 1.89 bits per heavy atom. The molecule has 0 atom stereocenters. The summed E-state index contributed by atoms with van der Waals surface area (Å²) in [6, 6.07) is 14.9. The first-order valence-electron chi connectivity index (χ1n) is 10.0. The number of hydrogen-bond donors (Lipinski definition) is 0. The fourth-order valence-electron chi connectivity index (χ4n) is 3.72. The van der Waals surface area contributed by atoms with Gasteiger partial charge >= 0.3 is 0 Å². The summed E-state index contributed by atoms with van der Waals surface area (Å²) in [4.78, 5) is 13.8. The summed E-state index contributed by atoms with van der Waals surface area (Å²) in [7, 11) is 0. The number of imidazole rings is 1. The van der Waals surface area contributed by atoms with Gasteiger partial charge in [0.25, 0.3) is 0 Å². The van der Waals surface area contributed by atoms with Gasteiger partial charge in [0.15, 0.2) is 5.84 Å². The van der Waals surface area contributed by atoms with E-state index in [1.165, 1.54) is 16.8 Å². The van der Waals surface area contributed by atoms with Crippen molar-refractivity contribution in [2.75, 3.05) is 6.54 Å². The summed E-state index contributed by atoms with van der Waals surface area (Å²) in [6.07, 6.45) is 7.79. The number of rotatable bonds is 5. The molecule has 142 valence electrons. The molecule has 1 aromatic heterocycles. The number of benzene rings is 2. The summed E-state index contributed by atoms with van der Waals surface area (Å²) in [5.41, 5.74) is 6.06. The third kappa shape index (κ3) is 3.42. The van der Waals surface area contributed by atoms with E-state index < -0.39 is 0 Å². The molecule has 3 aromatic rings. The third-order valence-electron chi connectivity index (χ3n) is 5.13. The van der Waals surface area contributed by atoms with Crippen LogP contribution < -0.4 is 0 Å². The lowest BCUT2D eigenvalue weighted by Crippen LogP contribution is -2.11. The van der Waals surface area contributed by atoms with Crippen molar-refractivity contribution < 1.29 is 0 Å². The van der Waals surface area contributed by atoms with Crippen LogP contribution in [0.5, 0.6) is 0 Å². The van der Waals surface area contributed by atoms with Gasteiger partial charge in [-0.25, -0.2) is 9.98 Å². The van der Waals surface area contributed by atoms with Crippen LogP contribution in [0.4, 0.5) is 0 Å². The second kappa shape index (κ2) is 7.93. The number of amidine groups is 1. The Bertz CT molecular complexity index is 1030. The second-order valence-electron chi connectivity index (χ2n) is 7.37. The molecule has 4 nitrogen and oxygen atoms in total. The molecule has 2 heterocycles. The Morgan fingerprint density at radius 1 is 1.07 bits per heavy atom. The summed E-state index contributed by atoms with van der Waals surface area (Å²) in [6.45, 7) is 7.51. The maximum atomic E-state index is 4.67. The minimum Gasteiger partial charge on any atom is -0.299 e. The highest BCUT2D eigenvalue weighted by molar-refractivity contribution is 6.04. The van der Waals surface area contributed by atoms with Crippen LogP contribution in [0.2, 0.25) is 0 Å². The molecule has 0 saturated carbocycles. The van der Waals surface area contributed by atoms with E-state index in [1.807, 2.05) is 18.5 Å². The van der Waals surface area contributed by atoms with Gasteiger partial charge in [-0.15, -0.1) is 0 Å². The molecule has 0 spiro atoms. The van der Waals surface area contributed by atoms with E-state index in [4.69, 9.17) is 0 Å². The normalized spacial score (nSPS) is 13.8. The van der Waals surface area contributed by atoms with Gasteiger partial charge in [0.05, 0.1) is 5.69 Å². The molecule has 1 aliphatic heterocycles. The lowest BCUT2D eigenvalue weighted by Gasteiger charge is -2.21. The van der Waals surface area contributed by atoms with E-state index in [9.17, 15) is 0 Å². The Hall–Kier alpha value is -3.01. The highest BCUT2D eigenvalue weighted by Crippen LogP contribution is 2.32. The van der Waals surface area contributed by atoms with Crippen LogP contribution in [-0.4, -0.2) is 28.1 Å². The van der Waals surface area contributed by atoms with Gasteiger partial charge in [-0.1, -0.05) is 51.1 Å². The van der Waals surface area contributed by atoms with Gasteiger partial charge in [0.2, 0.25) is 0 Å². The zero-order valence-corrected chi connectivity index (χ0v) is 16.8. The van der Waals surface area contributed by atoms with Crippen molar-refractivity contribution in [1.82, 2.24) is 9.55 Å². The molecule has 0 saturated heterocycles. The average molecular weight is 371 g/mol. The molecule has 0 amide bonds. The fraction of sp³-hybridized carbons (Fsp3) is 0.292. The predicted octanol–water partition coefficient (Wildman–Crippen LogP) is 5.45. The van der Waals surface area contributed by atoms with E-state index in [1.54, 1.807) is 0 Å². The van der Waals surface area contributed by atoms with Crippen LogP contribution in [0.25, 0.3) is 17.1 Å². The van der Waals surface area contributed by atoms with E-state index >= 15 is 0 Å². The van der Waals surface area contributed by atoms with Crippen molar-refractivity contribution in [3.63, 3.8) is 0 Å². The highest BCUT2D eigenvalue weighted by atomic mass is 15.1. The Kier molecular flexibility index (Phi) is 5.20. The third-order valence-corrected chi connectivity index (χ3v) is 5.13. The van der Waals surface area contributed by atoms with Crippen LogP contribution >= 0.6 is 0 Å². The van der Waals surface area contributed by atoms with Crippen LogP contribution in [0, 0.1) is 0 Å². The van der Waals surface area contributed by atoms with Gasteiger partial charge in [-0.3, -0.25) is 9.56 Å². The lowest BCUT2D eigenvalue weighted by atomic mass is 9.93. The predicted molar refractivity (Wildman–Crippen MR) is 117 cm³/mol. The Labute approximate surface area is 166 Å². The molecule has 0 aliphatic carbocycles. The Morgan fingerprint density at radius 3 is 2.57 bits per heavy atom. The SMILES string of the molecule is CCc1cc(C2=NCCC=N2)cc(C(C)C)c1-n1ccnc1-c1ccccc1. The molecule has 1 aliphatic rings. The molecule has 0 N–H and O–H groups in total. The number of aryl methyl sites for hydroxylation is 1. The molecule has 0 bridgehead atoms. The quantitative estimate of drug-likeness (QED) is 0.589. The second-order valence-corrected chi connectivity index (χ2v) is 7.37. The lowest BCUT2D eigenvalue weighted by molar-refractivity contribution is 0.838. The molecule has 28 heavy (non-hydrogen) atoms. The summed E-state index contributed by atoms with van der Waals surface area (Å²) in [5.74, 6) is 2.20. The standard InChI is InChI=1S/C24H26N4/c1-4-18-15-20(23-25-11-8-12-26-23)16-21(17(2)3)22(18)28-14-13-27-24(28)19-9-6-5-7-10-19/h5-7,9-11,13-17H,4,8,12H2,1-3H3. The smallest absolute Gasteiger partial charge is 0.154 e. The van der Waals surface area contributed by atoms with Crippen LogP contribution in [0.3, 0.4) is 0 Å².